The number of carbonyl (C=O) groups excluding carboxylic acids is 1. The first-order chi connectivity index (χ1) is 12.1. The van der Waals surface area contributed by atoms with E-state index in [0.717, 1.165) is 42.6 Å². The van der Waals surface area contributed by atoms with Gasteiger partial charge in [-0.15, -0.1) is 0 Å². The van der Waals surface area contributed by atoms with Gasteiger partial charge in [0.2, 0.25) is 0 Å². The van der Waals surface area contributed by atoms with Gasteiger partial charge in [-0.25, -0.2) is 4.68 Å². The van der Waals surface area contributed by atoms with Crippen LogP contribution in [0, 0.1) is 0 Å². The number of rotatable bonds is 5. The van der Waals surface area contributed by atoms with E-state index >= 15 is 0 Å². The van der Waals surface area contributed by atoms with Gasteiger partial charge in [-0.05, 0) is 50.7 Å². The van der Waals surface area contributed by atoms with E-state index in [1.165, 1.54) is 0 Å². The zero-order chi connectivity index (χ0) is 17.4. The highest BCUT2D eigenvalue weighted by Crippen LogP contribution is 2.36. The molecule has 0 atom stereocenters. The van der Waals surface area contributed by atoms with Gasteiger partial charge in [0.25, 0.3) is 5.91 Å². The molecule has 1 fully saturated rings. The minimum absolute atomic E-state index is 0.0275. The Balaban J connectivity index is 1.65. The van der Waals surface area contributed by atoms with Crippen molar-refractivity contribution in [1.29, 1.82) is 0 Å². The molecule has 0 radical (unpaired) electrons. The summed E-state index contributed by atoms with van der Waals surface area (Å²) < 4.78 is 1.86. The van der Waals surface area contributed by atoms with Crippen LogP contribution in [0.1, 0.15) is 53.8 Å². The molecular formula is C19H21N3O3. The molecule has 0 saturated heterocycles. The maximum atomic E-state index is 12.9. The van der Waals surface area contributed by atoms with Crippen LogP contribution in [0.4, 0.5) is 0 Å². The summed E-state index contributed by atoms with van der Waals surface area (Å²) in [5, 5.41) is 16.7. The Hall–Kier alpha value is -2.63. The van der Waals surface area contributed by atoms with Crippen LogP contribution < -0.4 is 5.32 Å². The van der Waals surface area contributed by atoms with Gasteiger partial charge >= 0.3 is 5.97 Å². The molecule has 6 nitrogen and oxygen atoms in total. The van der Waals surface area contributed by atoms with Gasteiger partial charge in [0.15, 0.2) is 5.69 Å². The molecule has 1 aromatic carbocycles. The van der Waals surface area contributed by atoms with Crippen LogP contribution in [0.5, 0.6) is 0 Å². The van der Waals surface area contributed by atoms with Crippen molar-refractivity contribution in [2.75, 3.05) is 0 Å². The van der Waals surface area contributed by atoms with Gasteiger partial charge in [-0.1, -0.05) is 18.2 Å². The molecule has 2 aliphatic carbocycles. The lowest BCUT2D eigenvalue weighted by molar-refractivity contribution is -0.139. The molecule has 0 bridgehead atoms. The van der Waals surface area contributed by atoms with Crippen LogP contribution in [-0.4, -0.2) is 32.3 Å². The van der Waals surface area contributed by atoms with Crippen molar-refractivity contribution < 1.29 is 14.7 Å². The number of carboxylic acids is 1. The van der Waals surface area contributed by atoms with E-state index in [4.69, 9.17) is 5.11 Å². The van der Waals surface area contributed by atoms with Crippen LogP contribution in [0.25, 0.3) is 5.69 Å². The van der Waals surface area contributed by atoms with Crippen LogP contribution in [0.15, 0.2) is 30.3 Å². The third-order valence-electron chi connectivity index (χ3n) is 5.33. The Morgan fingerprint density at radius 1 is 1.16 bits per heavy atom. The molecule has 1 heterocycles. The molecule has 1 aromatic heterocycles. The minimum atomic E-state index is -0.875. The average molecular weight is 339 g/mol. The summed E-state index contributed by atoms with van der Waals surface area (Å²) in [5.41, 5.74) is 2.89. The number of nitrogens with zero attached hydrogens (tertiary/aromatic N) is 2. The zero-order valence-corrected chi connectivity index (χ0v) is 14.0. The summed E-state index contributed by atoms with van der Waals surface area (Å²) in [5.74, 6) is -1.12. The van der Waals surface area contributed by atoms with E-state index in [-0.39, 0.29) is 12.3 Å². The van der Waals surface area contributed by atoms with E-state index in [0.29, 0.717) is 18.5 Å². The Labute approximate surface area is 145 Å². The molecule has 6 heteroatoms. The van der Waals surface area contributed by atoms with Crippen LogP contribution in [0.2, 0.25) is 0 Å². The monoisotopic (exact) mass is 339 g/mol. The lowest BCUT2D eigenvalue weighted by atomic mass is 9.74. The van der Waals surface area contributed by atoms with Crippen LogP contribution >= 0.6 is 0 Å². The SMILES string of the molecule is O=C(O)CC1(NC(=O)c2nn(-c3ccccc3)c3c2CCC3)CCC1. The number of aromatic nitrogens is 2. The minimum Gasteiger partial charge on any atom is -0.481 e. The van der Waals surface area contributed by atoms with Gasteiger partial charge in [0.1, 0.15) is 0 Å². The lowest BCUT2D eigenvalue weighted by Crippen LogP contribution is -2.54. The van der Waals surface area contributed by atoms with Gasteiger partial charge in [0.05, 0.1) is 17.6 Å². The fraction of sp³-hybridized carbons (Fsp3) is 0.421. The lowest BCUT2D eigenvalue weighted by Gasteiger charge is -2.41. The average Bonchev–Trinajstić information content (AvgIpc) is 3.15. The summed E-state index contributed by atoms with van der Waals surface area (Å²) >= 11 is 0. The van der Waals surface area contributed by atoms with Gasteiger partial charge in [0, 0.05) is 11.3 Å². The Bertz CT molecular complexity index is 822. The molecule has 0 aliphatic heterocycles. The maximum absolute atomic E-state index is 12.9. The Morgan fingerprint density at radius 3 is 2.56 bits per heavy atom. The van der Waals surface area contributed by atoms with Crippen molar-refractivity contribution in [3.8, 4) is 5.69 Å². The van der Waals surface area contributed by atoms with Gasteiger partial charge in [-0.3, -0.25) is 9.59 Å². The number of hydrogen-bond donors (Lipinski definition) is 2. The summed E-state index contributed by atoms with van der Waals surface area (Å²) in [7, 11) is 0. The van der Waals surface area contributed by atoms with Crippen LogP contribution in [0.3, 0.4) is 0 Å². The van der Waals surface area contributed by atoms with E-state index in [1.54, 1.807) is 0 Å². The molecule has 1 saturated carbocycles. The Morgan fingerprint density at radius 2 is 1.92 bits per heavy atom. The van der Waals surface area contributed by atoms with Crippen molar-refractivity contribution in [2.45, 2.75) is 50.5 Å². The van der Waals surface area contributed by atoms with E-state index in [1.807, 2.05) is 35.0 Å². The summed E-state index contributed by atoms with van der Waals surface area (Å²) in [6.07, 6.45) is 5.12. The molecular weight excluding hydrogens is 318 g/mol. The summed E-state index contributed by atoms with van der Waals surface area (Å²) in [6, 6.07) is 9.81. The smallest absolute Gasteiger partial charge is 0.305 e. The van der Waals surface area contributed by atoms with Crippen LogP contribution in [-0.2, 0) is 17.6 Å². The number of carbonyl (C=O) groups is 2. The van der Waals surface area contributed by atoms with E-state index < -0.39 is 11.5 Å². The highest BCUT2D eigenvalue weighted by Gasteiger charge is 2.41. The second-order valence-corrected chi connectivity index (χ2v) is 7.03. The summed E-state index contributed by atoms with van der Waals surface area (Å²) in [4.78, 5) is 24.0. The van der Waals surface area contributed by atoms with Crippen molar-refractivity contribution >= 4 is 11.9 Å². The molecule has 2 N–H and O–H groups in total. The Kier molecular flexibility index (Phi) is 3.82. The van der Waals surface area contributed by atoms with E-state index in [9.17, 15) is 9.59 Å². The molecule has 0 unspecified atom stereocenters. The third-order valence-corrected chi connectivity index (χ3v) is 5.33. The van der Waals surface area contributed by atoms with Crippen molar-refractivity contribution in [3.05, 3.63) is 47.3 Å². The third kappa shape index (κ3) is 2.81. The predicted octanol–water partition coefficient (Wildman–Crippen LogP) is 2.49. The summed E-state index contributed by atoms with van der Waals surface area (Å²) in [6.45, 7) is 0. The normalized spacial score (nSPS) is 17.6. The largest absolute Gasteiger partial charge is 0.481 e. The number of carboxylic acid groups (broad SMARTS) is 1. The first-order valence-electron chi connectivity index (χ1n) is 8.78. The number of amides is 1. The van der Waals surface area contributed by atoms with Gasteiger partial charge < -0.3 is 10.4 Å². The zero-order valence-electron chi connectivity index (χ0n) is 14.0. The molecule has 0 spiro atoms. The number of hydrogen-bond acceptors (Lipinski definition) is 3. The number of para-hydroxylation sites is 1. The standard InChI is InChI=1S/C19H21N3O3/c23-16(24)12-19(10-5-11-19)20-18(25)17-14-8-4-9-15(14)22(21-17)13-6-2-1-3-7-13/h1-3,6-7H,4-5,8-12H2,(H,20,25)(H,23,24). The van der Waals surface area contributed by atoms with E-state index in [2.05, 4.69) is 10.4 Å². The predicted molar refractivity (Wildman–Crippen MR) is 91.9 cm³/mol. The fourth-order valence-electron chi connectivity index (χ4n) is 3.94. The first kappa shape index (κ1) is 15.9. The molecule has 1 amide bonds. The first-order valence-corrected chi connectivity index (χ1v) is 8.78. The molecule has 2 aromatic rings. The number of benzene rings is 1. The second kappa shape index (κ2) is 6.02. The maximum Gasteiger partial charge on any atom is 0.305 e. The number of fused-ring (bicyclic) bond motifs is 1. The van der Waals surface area contributed by atoms with Crippen molar-refractivity contribution in [2.24, 2.45) is 0 Å². The topological polar surface area (TPSA) is 84.2 Å². The van der Waals surface area contributed by atoms with Gasteiger partial charge in [-0.2, -0.15) is 5.10 Å². The molecule has 25 heavy (non-hydrogen) atoms. The second-order valence-electron chi connectivity index (χ2n) is 7.03. The fourth-order valence-corrected chi connectivity index (χ4v) is 3.94. The molecule has 130 valence electrons. The number of aliphatic carboxylic acids is 1. The quantitative estimate of drug-likeness (QED) is 0.876. The highest BCUT2D eigenvalue weighted by atomic mass is 16.4. The number of nitrogens with one attached hydrogen (secondary N) is 1. The van der Waals surface area contributed by atoms with Crippen molar-refractivity contribution in [1.82, 2.24) is 15.1 Å². The molecule has 2 aliphatic rings. The molecule has 4 rings (SSSR count). The van der Waals surface area contributed by atoms with Crippen molar-refractivity contribution in [3.63, 3.8) is 0 Å². The highest BCUT2D eigenvalue weighted by molar-refractivity contribution is 5.95.